The van der Waals surface area contributed by atoms with E-state index in [1.54, 1.807) is 0 Å². The minimum atomic E-state index is -0.891. The summed E-state index contributed by atoms with van der Waals surface area (Å²) in [5.74, 6) is -0.292. The van der Waals surface area contributed by atoms with Gasteiger partial charge in [0.05, 0.1) is 11.4 Å². The number of hydrogen-bond donors (Lipinski definition) is 2. The summed E-state index contributed by atoms with van der Waals surface area (Å²) in [6.07, 6.45) is -0.891. The topological polar surface area (TPSA) is 67.5 Å². The van der Waals surface area contributed by atoms with Crippen molar-refractivity contribution >= 4 is 17.3 Å². The van der Waals surface area contributed by atoms with E-state index in [1.165, 1.54) is 0 Å². The molecule has 1 aliphatic rings. The minimum Gasteiger partial charge on any atom is -0.322 e. The van der Waals surface area contributed by atoms with Crippen molar-refractivity contribution in [3.8, 4) is 0 Å². The van der Waals surface area contributed by atoms with Gasteiger partial charge in [0.2, 0.25) is 0 Å². The van der Waals surface area contributed by atoms with Gasteiger partial charge in [-0.3, -0.25) is 9.79 Å². The van der Waals surface area contributed by atoms with Gasteiger partial charge >= 0.3 is 0 Å². The molecule has 0 radical (unpaired) electrons. The number of carbonyl (C=O) groups is 1. The minimum absolute atomic E-state index is 0.292. The fraction of sp³-hybridized carbons (Fsp3) is 0.125. The number of rotatable bonds is 1. The molecule has 1 heterocycles. The zero-order chi connectivity index (χ0) is 14.1. The highest BCUT2D eigenvalue weighted by Crippen LogP contribution is 2.23. The van der Waals surface area contributed by atoms with Crippen molar-refractivity contribution in [2.24, 2.45) is 10.7 Å². The molecular formula is C16H15N3O. The number of amides is 1. The number of anilines is 1. The lowest BCUT2D eigenvalue weighted by molar-refractivity contribution is -0.117. The highest BCUT2D eigenvalue weighted by molar-refractivity contribution is 6.19. The average Bonchev–Trinajstić information content (AvgIpc) is 2.57. The molecule has 1 atom stereocenters. The number of benzodiazepines with no additional fused rings is 1. The van der Waals surface area contributed by atoms with Gasteiger partial charge < -0.3 is 11.1 Å². The van der Waals surface area contributed by atoms with Crippen LogP contribution in [0, 0.1) is 6.92 Å². The predicted octanol–water partition coefficient (Wildman–Crippen LogP) is 2.07. The number of benzene rings is 2. The molecule has 2 aromatic carbocycles. The Hall–Kier alpha value is -2.46. The van der Waals surface area contributed by atoms with E-state index in [0.717, 1.165) is 28.1 Å². The summed E-state index contributed by atoms with van der Waals surface area (Å²) in [6.45, 7) is 2.02. The maximum Gasteiger partial charge on any atom is 0.263 e. The van der Waals surface area contributed by atoms with Crippen molar-refractivity contribution in [2.45, 2.75) is 13.1 Å². The van der Waals surface area contributed by atoms with E-state index in [0.29, 0.717) is 0 Å². The average molecular weight is 265 g/mol. The Morgan fingerprint density at radius 2 is 1.95 bits per heavy atom. The monoisotopic (exact) mass is 265 g/mol. The van der Waals surface area contributed by atoms with Crippen molar-refractivity contribution in [2.75, 3.05) is 5.32 Å². The van der Waals surface area contributed by atoms with Crippen LogP contribution in [0.5, 0.6) is 0 Å². The number of nitrogens with zero attached hydrogens (tertiary/aromatic N) is 1. The Morgan fingerprint density at radius 3 is 2.75 bits per heavy atom. The normalized spacial score (nSPS) is 17.8. The maximum atomic E-state index is 11.9. The summed E-state index contributed by atoms with van der Waals surface area (Å²) < 4.78 is 0. The number of hydrogen-bond acceptors (Lipinski definition) is 3. The summed E-state index contributed by atoms with van der Waals surface area (Å²) >= 11 is 0. The highest BCUT2D eigenvalue weighted by Gasteiger charge is 2.22. The molecule has 0 aliphatic carbocycles. The highest BCUT2D eigenvalue weighted by atomic mass is 16.2. The molecule has 2 aromatic rings. The number of fused-ring (bicyclic) bond motifs is 1. The summed E-state index contributed by atoms with van der Waals surface area (Å²) in [5.41, 5.74) is 10.3. The van der Waals surface area contributed by atoms with Gasteiger partial charge in [-0.1, -0.05) is 42.0 Å². The lowest BCUT2D eigenvalue weighted by Gasteiger charge is -2.09. The van der Waals surface area contributed by atoms with Crippen LogP contribution < -0.4 is 11.1 Å². The fourth-order valence-electron chi connectivity index (χ4n) is 2.29. The van der Waals surface area contributed by atoms with Crippen LogP contribution in [-0.2, 0) is 4.79 Å². The first-order valence-electron chi connectivity index (χ1n) is 6.46. The van der Waals surface area contributed by atoms with Crippen LogP contribution in [0.4, 0.5) is 5.69 Å². The molecule has 0 spiro atoms. The standard InChI is InChI=1S/C16H15N3O/c1-10-5-4-6-11(9-10)14-12-7-2-3-8-13(12)18-16(20)15(17)19-14/h2-9,15H,17H2,1H3,(H,18,20). The van der Waals surface area contributed by atoms with Crippen LogP contribution in [0.25, 0.3) is 0 Å². The van der Waals surface area contributed by atoms with Gasteiger partial charge in [-0.15, -0.1) is 0 Å². The second-order valence-corrected chi connectivity index (χ2v) is 4.83. The first-order chi connectivity index (χ1) is 9.65. The third-order valence-corrected chi connectivity index (χ3v) is 3.27. The molecule has 4 heteroatoms. The van der Waals surface area contributed by atoms with Gasteiger partial charge in [-0.05, 0) is 19.1 Å². The SMILES string of the molecule is Cc1cccc(C2=NC(N)C(=O)Nc3ccccc32)c1. The van der Waals surface area contributed by atoms with Gasteiger partial charge in [0.25, 0.3) is 5.91 Å². The molecule has 0 aromatic heterocycles. The number of nitrogens with two attached hydrogens (primary N) is 1. The van der Waals surface area contributed by atoms with Crippen LogP contribution >= 0.6 is 0 Å². The smallest absolute Gasteiger partial charge is 0.263 e. The first kappa shape index (κ1) is 12.6. The summed E-state index contributed by atoms with van der Waals surface area (Å²) in [4.78, 5) is 16.3. The van der Waals surface area contributed by atoms with Crippen molar-refractivity contribution in [1.82, 2.24) is 0 Å². The van der Waals surface area contributed by atoms with Gasteiger partial charge in [-0.25, -0.2) is 0 Å². The van der Waals surface area contributed by atoms with Gasteiger partial charge in [0, 0.05) is 11.1 Å². The number of carbonyl (C=O) groups excluding carboxylic acids is 1. The molecule has 1 unspecified atom stereocenters. The number of aliphatic imine (C=N–C) groups is 1. The number of aryl methyl sites for hydroxylation is 1. The molecule has 0 fully saturated rings. The first-order valence-corrected chi connectivity index (χ1v) is 6.46. The van der Waals surface area contributed by atoms with Crippen molar-refractivity contribution in [3.05, 3.63) is 65.2 Å². The number of para-hydroxylation sites is 1. The van der Waals surface area contributed by atoms with Crippen LogP contribution in [0.1, 0.15) is 16.7 Å². The molecule has 1 amide bonds. The van der Waals surface area contributed by atoms with E-state index in [9.17, 15) is 4.79 Å². The van der Waals surface area contributed by atoms with Crippen LogP contribution in [-0.4, -0.2) is 17.8 Å². The molecular weight excluding hydrogens is 250 g/mol. The fourth-order valence-corrected chi connectivity index (χ4v) is 2.29. The third-order valence-electron chi connectivity index (χ3n) is 3.27. The zero-order valence-electron chi connectivity index (χ0n) is 11.1. The molecule has 20 heavy (non-hydrogen) atoms. The third kappa shape index (κ3) is 2.21. The molecule has 0 saturated carbocycles. The second-order valence-electron chi connectivity index (χ2n) is 4.83. The van der Waals surface area contributed by atoms with Crippen LogP contribution in [0.3, 0.4) is 0 Å². The Labute approximate surface area is 117 Å². The lowest BCUT2D eigenvalue weighted by atomic mass is 9.99. The van der Waals surface area contributed by atoms with Crippen molar-refractivity contribution in [1.29, 1.82) is 0 Å². The molecule has 3 rings (SSSR count). The molecule has 0 bridgehead atoms. The number of nitrogens with one attached hydrogen (secondary N) is 1. The summed E-state index contributed by atoms with van der Waals surface area (Å²) in [5, 5.41) is 2.81. The van der Waals surface area contributed by atoms with E-state index in [4.69, 9.17) is 5.73 Å². The molecule has 0 saturated heterocycles. The summed E-state index contributed by atoms with van der Waals surface area (Å²) in [6, 6.07) is 15.6. The van der Waals surface area contributed by atoms with E-state index in [2.05, 4.69) is 10.3 Å². The van der Waals surface area contributed by atoms with Crippen molar-refractivity contribution < 1.29 is 4.79 Å². The Balaban J connectivity index is 2.21. The van der Waals surface area contributed by atoms with E-state index >= 15 is 0 Å². The Bertz CT molecular complexity index is 706. The molecule has 3 N–H and O–H groups in total. The predicted molar refractivity (Wildman–Crippen MR) is 79.9 cm³/mol. The zero-order valence-corrected chi connectivity index (χ0v) is 11.1. The lowest BCUT2D eigenvalue weighted by Crippen LogP contribution is -2.33. The molecule has 1 aliphatic heterocycles. The maximum absolute atomic E-state index is 11.9. The molecule has 4 nitrogen and oxygen atoms in total. The Morgan fingerprint density at radius 1 is 1.15 bits per heavy atom. The van der Waals surface area contributed by atoms with Crippen LogP contribution in [0.15, 0.2) is 53.5 Å². The van der Waals surface area contributed by atoms with E-state index in [-0.39, 0.29) is 5.91 Å². The van der Waals surface area contributed by atoms with Gasteiger partial charge in [0.1, 0.15) is 0 Å². The van der Waals surface area contributed by atoms with E-state index < -0.39 is 6.17 Å². The molecule has 100 valence electrons. The largest absolute Gasteiger partial charge is 0.322 e. The van der Waals surface area contributed by atoms with Gasteiger partial charge in [-0.2, -0.15) is 0 Å². The summed E-state index contributed by atoms with van der Waals surface area (Å²) in [7, 11) is 0. The Kier molecular flexibility index (Phi) is 3.08. The second kappa shape index (κ2) is 4.90. The van der Waals surface area contributed by atoms with Gasteiger partial charge in [0.15, 0.2) is 6.17 Å². The van der Waals surface area contributed by atoms with Crippen molar-refractivity contribution in [3.63, 3.8) is 0 Å². The van der Waals surface area contributed by atoms with E-state index in [1.807, 2.05) is 55.5 Å². The quantitative estimate of drug-likeness (QED) is 0.828. The van der Waals surface area contributed by atoms with Crippen LogP contribution in [0.2, 0.25) is 0 Å².